The third-order valence-electron chi connectivity index (χ3n) is 7.70. The predicted octanol–water partition coefficient (Wildman–Crippen LogP) is 3.75. The van der Waals surface area contributed by atoms with Crippen LogP contribution >= 0.6 is 0 Å². The summed E-state index contributed by atoms with van der Waals surface area (Å²) in [5.74, 6) is -0.465. The highest BCUT2D eigenvalue weighted by molar-refractivity contribution is 7.89. The van der Waals surface area contributed by atoms with E-state index in [1.165, 1.54) is 8.99 Å². The lowest BCUT2D eigenvalue weighted by Crippen LogP contribution is -2.41. The summed E-state index contributed by atoms with van der Waals surface area (Å²) in [4.78, 5) is 27.9. The molecule has 2 amide bonds. The van der Waals surface area contributed by atoms with Gasteiger partial charge in [-0.15, -0.1) is 0 Å². The molecule has 39 heavy (non-hydrogen) atoms. The smallest absolute Gasteiger partial charge is 0.248 e. The second-order valence-electron chi connectivity index (χ2n) is 10.6. The van der Waals surface area contributed by atoms with Crippen LogP contribution in [0.25, 0.3) is 0 Å². The van der Waals surface area contributed by atoms with Crippen LogP contribution in [0.1, 0.15) is 40.9 Å². The van der Waals surface area contributed by atoms with Gasteiger partial charge in [0.2, 0.25) is 21.8 Å². The van der Waals surface area contributed by atoms with Crippen LogP contribution in [0.3, 0.4) is 0 Å². The molecule has 1 N–H and O–H groups in total. The minimum atomic E-state index is -3.83. The predicted molar refractivity (Wildman–Crippen MR) is 150 cm³/mol. The number of para-hydroxylation sites is 1. The van der Waals surface area contributed by atoms with Crippen LogP contribution in [-0.2, 0) is 32.6 Å². The maximum atomic E-state index is 13.7. The van der Waals surface area contributed by atoms with Gasteiger partial charge in [0.25, 0.3) is 0 Å². The number of fused-ring (bicyclic) bond motifs is 1. The highest BCUT2D eigenvalue weighted by Gasteiger charge is 2.36. The van der Waals surface area contributed by atoms with Crippen LogP contribution in [0.15, 0.2) is 47.4 Å². The number of aryl methyl sites for hydroxylation is 3. The van der Waals surface area contributed by atoms with Crippen molar-refractivity contribution >= 4 is 33.2 Å². The average molecular weight is 550 g/mol. The Labute approximate surface area is 229 Å². The lowest BCUT2D eigenvalue weighted by Gasteiger charge is -2.30. The Morgan fingerprint density at radius 1 is 0.974 bits per heavy atom. The summed E-state index contributed by atoms with van der Waals surface area (Å²) in [6.45, 7) is 8.41. The van der Waals surface area contributed by atoms with E-state index in [0.29, 0.717) is 30.8 Å². The Morgan fingerprint density at radius 2 is 1.64 bits per heavy atom. The molecule has 2 aliphatic heterocycles. The first-order valence-corrected chi connectivity index (χ1v) is 14.8. The number of carbonyl (C=O) groups excluding carboxylic acids is 2. The van der Waals surface area contributed by atoms with Crippen molar-refractivity contribution < 1.29 is 18.0 Å². The summed E-state index contributed by atoms with van der Waals surface area (Å²) in [5, 5.41) is 7.43. The van der Waals surface area contributed by atoms with Crippen LogP contribution in [0.2, 0.25) is 0 Å². The molecule has 9 nitrogen and oxygen atoms in total. The number of benzene rings is 2. The minimum absolute atomic E-state index is 0.0305. The van der Waals surface area contributed by atoms with E-state index in [4.69, 9.17) is 0 Å². The van der Waals surface area contributed by atoms with Gasteiger partial charge in [-0.1, -0.05) is 24.3 Å². The molecular formula is C29H35N5O4S. The van der Waals surface area contributed by atoms with E-state index >= 15 is 0 Å². The fourth-order valence-electron chi connectivity index (χ4n) is 5.80. The number of sulfonamides is 1. The van der Waals surface area contributed by atoms with Gasteiger partial charge in [-0.25, -0.2) is 8.42 Å². The van der Waals surface area contributed by atoms with Gasteiger partial charge in [-0.05, 0) is 81.8 Å². The number of rotatable bonds is 6. The van der Waals surface area contributed by atoms with Crippen molar-refractivity contribution in [2.75, 3.05) is 29.9 Å². The van der Waals surface area contributed by atoms with Gasteiger partial charge >= 0.3 is 0 Å². The quantitative estimate of drug-likeness (QED) is 0.504. The molecule has 0 radical (unpaired) electrons. The number of nitrogens with zero attached hydrogens (tertiary/aromatic N) is 4. The fourth-order valence-corrected chi connectivity index (χ4v) is 7.64. The lowest BCUT2D eigenvalue weighted by molar-refractivity contribution is -0.121. The van der Waals surface area contributed by atoms with Crippen molar-refractivity contribution in [2.45, 2.75) is 58.4 Å². The van der Waals surface area contributed by atoms with E-state index in [9.17, 15) is 18.0 Å². The van der Waals surface area contributed by atoms with Gasteiger partial charge in [-0.3, -0.25) is 14.3 Å². The van der Waals surface area contributed by atoms with Gasteiger partial charge in [0, 0.05) is 36.9 Å². The zero-order chi connectivity index (χ0) is 27.9. The van der Waals surface area contributed by atoms with Gasteiger partial charge in [-0.2, -0.15) is 9.40 Å². The molecule has 2 aromatic carbocycles. The molecule has 10 heteroatoms. The minimum Gasteiger partial charge on any atom is -0.326 e. The average Bonchev–Trinajstić information content (AvgIpc) is 3.44. The topological polar surface area (TPSA) is 105 Å². The second-order valence-corrected chi connectivity index (χ2v) is 12.5. The SMILES string of the molecule is Cc1cc(C)cc(NC(=O)C2CCN(S(=O)(=O)c3c(C)nn(CC(=O)N4CCc5ccccc54)c3C)CC2)c1. The Balaban J connectivity index is 1.25. The molecule has 3 aromatic rings. The van der Waals surface area contributed by atoms with Gasteiger partial charge in [0.15, 0.2) is 0 Å². The monoisotopic (exact) mass is 549 g/mol. The number of carbonyl (C=O) groups is 2. The van der Waals surface area contributed by atoms with Crippen molar-refractivity contribution in [1.82, 2.24) is 14.1 Å². The highest BCUT2D eigenvalue weighted by atomic mass is 32.2. The molecular weight excluding hydrogens is 514 g/mol. The maximum absolute atomic E-state index is 13.7. The molecule has 0 atom stereocenters. The Kier molecular flexibility index (Phi) is 7.35. The molecule has 206 valence electrons. The standard InChI is InChI=1S/C29H35N5O4S/c1-19-15-20(2)17-25(16-19)30-29(36)24-9-12-32(13-10-24)39(37,38)28-21(3)31-34(22(28)4)18-27(35)33-14-11-23-7-5-6-8-26(23)33/h5-8,15-17,24H,9-14,18H2,1-4H3,(H,30,36). The van der Waals surface area contributed by atoms with Crippen molar-refractivity contribution in [3.05, 3.63) is 70.5 Å². The van der Waals surface area contributed by atoms with Crippen molar-refractivity contribution in [3.8, 4) is 0 Å². The van der Waals surface area contributed by atoms with Crippen molar-refractivity contribution in [3.63, 3.8) is 0 Å². The molecule has 0 bridgehead atoms. The number of hydrogen-bond donors (Lipinski definition) is 1. The summed E-state index contributed by atoms with van der Waals surface area (Å²) >= 11 is 0. The van der Waals surface area contributed by atoms with E-state index in [1.807, 2.05) is 56.3 Å². The maximum Gasteiger partial charge on any atom is 0.248 e. The third kappa shape index (κ3) is 5.35. The van der Waals surface area contributed by atoms with E-state index in [-0.39, 0.29) is 42.3 Å². The summed E-state index contributed by atoms with van der Waals surface area (Å²) in [6, 6.07) is 13.7. The van der Waals surface area contributed by atoms with Crippen LogP contribution in [0.4, 0.5) is 11.4 Å². The van der Waals surface area contributed by atoms with Crippen LogP contribution < -0.4 is 10.2 Å². The number of nitrogens with one attached hydrogen (secondary N) is 1. The molecule has 5 rings (SSSR count). The molecule has 0 unspecified atom stereocenters. The van der Waals surface area contributed by atoms with Gasteiger partial charge in [0.1, 0.15) is 11.4 Å². The van der Waals surface area contributed by atoms with Gasteiger partial charge < -0.3 is 10.2 Å². The number of anilines is 2. The molecule has 2 aliphatic rings. The lowest BCUT2D eigenvalue weighted by atomic mass is 9.97. The summed E-state index contributed by atoms with van der Waals surface area (Å²) in [6.07, 6.45) is 1.68. The van der Waals surface area contributed by atoms with Crippen molar-refractivity contribution in [1.29, 1.82) is 0 Å². The summed E-state index contributed by atoms with van der Waals surface area (Å²) < 4.78 is 30.3. The van der Waals surface area contributed by atoms with Crippen LogP contribution in [0, 0.1) is 33.6 Å². The van der Waals surface area contributed by atoms with Crippen molar-refractivity contribution in [2.24, 2.45) is 5.92 Å². The van der Waals surface area contributed by atoms with E-state index in [2.05, 4.69) is 10.4 Å². The number of piperidine rings is 1. The van der Waals surface area contributed by atoms with E-state index in [1.54, 1.807) is 18.7 Å². The molecule has 0 saturated carbocycles. The first kappa shape index (κ1) is 27.1. The Hall–Kier alpha value is -3.50. The number of hydrogen-bond acceptors (Lipinski definition) is 5. The Bertz CT molecular complexity index is 1520. The molecule has 0 spiro atoms. The summed E-state index contributed by atoms with van der Waals surface area (Å²) in [7, 11) is -3.83. The molecule has 3 heterocycles. The largest absolute Gasteiger partial charge is 0.326 e. The summed E-state index contributed by atoms with van der Waals surface area (Å²) in [5.41, 5.74) is 5.77. The zero-order valence-corrected chi connectivity index (χ0v) is 23.7. The van der Waals surface area contributed by atoms with Crippen LogP contribution in [0.5, 0.6) is 0 Å². The molecule has 1 aromatic heterocycles. The number of amides is 2. The van der Waals surface area contributed by atoms with Gasteiger partial charge in [0.05, 0.1) is 11.4 Å². The molecule has 1 saturated heterocycles. The number of aromatic nitrogens is 2. The normalized spacial score (nSPS) is 16.4. The first-order valence-electron chi connectivity index (χ1n) is 13.4. The molecule has 1 fully saturated rings. The van der Waals surface area contributed by atoms with Crippen LogP contribution in [-0.4, -0.2) is 54.0 Å². The zero-order valence-electron chi connectivity index (χ0n) is 22.9. The van der Waals surface area contributed by atoms with E-state index in [0.717, 1.165) is 34.5 Å². The third-order valence-corrected chi connectivity index (χ3v) is 9.85. The first-order chi connectivity index (χ1) is 18.5. The second kappa shape index (κ2) is 10.6. The molecule has 0 aliphatic carbocycles. The Morgan fingerprint density at radius 3 is 2.33 bits per heavy atom. The highest BCUT2D eigenvalue weighted by Crippen LogP contribution is 2.30. The van der Waals surface area contributed by atoms with E-state index < -0.39 is 10.0 Å². The fraction of sp³-hybridized carbons (Fsp3) is 0.414.